The van der Waals surface area contributed by atoms with Gasteiger partial charge in [0.05, 0.1) is 6.10 Å². The van der Waals surface area contributed by atoms with Gasteiger partial charge < -0.3 is 10.1 Å². The molecule has 18 heavy (non-hydrogen) atoms. The molecule has 1 unspecified atom stereocenters. The second-order valence-electron chi connectivity index (χ2n) is 5.14. The summed E-state index contributed by atoms with van der Waals surface area (Å²) < 4.78 is 5.83. The van der Waals surface area contributed by atoms with Crippen molar-refractivity contribution in [2.24, 2.45) is 0 Å². The summed E-state index contributed by atoms with van der Waals surface area (Å²) in [6.07, 6.45) is 8.36. The van der Waals surface area contributed by atoms with Crippen molar-refractivity contribution in [1.82, 2.24) is 5.32 Å². The van der Waals surface area contributed by atoms with Crippen LogP contribution in [0.25, 0.3) is 0 Å². The topological polar surface area (TPSA) is 21.3 Å². The SMILES string of the molecule is CC(C)Oc1ccccc1CNC1CC=CCC1. The lowest BCUT2D eigenvalue weighted by Gasteiger charge is -2.21. The van der Waals surface area contributed by atoms with E-state index in [0.717, 1.165) is 18.7 Å². The second kappa shape index (κ2) is 6.60. The van der Waals surface area contributed by atoms with Gasteiger partial charge in [0.15, 0.2) is 0 Å². The fourth-order valence-corrected chi connectivity index (χ4v) is 2.25. The quantitative estimate of drug-likeness (QED) is 0.799. The Labute approximate surface area is 110 Å². The van der Waals surface area contributed by atoms with Crippen LogP contribution in [-0.2, 0) is 6.54 Å². The van der Waals surface area contributed by atoms with Crippen LogP contribution in [0.1, 0.15) is 38.7 Å². The van der Waals surface area contributed by atoms with Crippen molar-refractivity contribution in [3.05, 3.63) is 42.0 Å². The maximum atomic E-state index is 5.83. The van der Waals surface area contributed by atoms with Crippen molar-refractivity contribution in [2.75, 3.05) is 0 Å². The van der Waals surface area contributed by atoms with E-state index >= 15 is 0 Å². The molecular weight excluding hydrogens is 222 g/mol. The summed E-state index contributed by atoms with van der Waals surface area (Å²) >= 11 is 0. The van der Waals surface area contributed by atoms with Crippen LogP contribution in [0.4, 0.5) is 0 Å². The molecule has 1 N–H and O–H groups in total. The zero-order valence-electron chi connectivity index (χ0n) is 11.4. The van der Waals surface area contributed by atoms with Crippen LogP contribution < -0.4 is 10.1 Å². The fraction of sp³-hybridized carbons (Fsp3) is 0.500. The van der Waals surface area contributed by atoms with E-state index in [0.29, 0.717) is 6.04 Å². The predicted octanol–water partition coefficient (Wildman–Crippen LogP) is 3.67. The summed E-state index contributed by atoms with van der Waals surface area (Å²) in [5.41, 5.74) is 1.25. The van der Waals surface area contributed by atoms with E-state index in [1.54, 1.807) is 0 Å². The zero-order chi connectivity index (χ0) is 12.8. The number of ether oxygens (including phenoxy) is 1. The number of allylic oxidation sites excluding steroid dienone is 1. The number of hydrogen-bond acceptors (Lipinski definition) is 2. The maximum absolute atomic E-state index is 5.83. The molecule has 0 saturated carbocycles. The Morgan fingerprint density at radius 1 is 1.28 bits per heavy atom. The van der Waals surface area contributed by atoms with Gasteiger partial charge in [0.25, 0.3) is 0 Å². The molecule has 1 aliphatic carbocycles. The van der Waals surface area contributed by atoms with Crippen LogP contribution in [0.5, 0.6) is 5.75 Å². The number of para-hydroxylation sites is 1. The van der Waals surface area contributed by atoms with Crippen LogP contribution in [0.3, 0.4) is 0 Å². The standard InChI is InChI=1S/C16H23NO/c1-13(2)18-16-11-7-6-8-14(16)12-17-15-9-4-3-5-10-15/h3-4,6-8,11,13,15,17H,5,9-10,12H2,1-2H3. The third-order valence-corrected chi connectivity index (χ3v) is 3.19. The monoisotopic (exact) mass is 245 g/mol. The van der Waals surface area contributed by atoms with E-state index in [2.05, 4.69) is 49.5 Å². The summed E-state index contributed by atoms with van der Waals surface area (Å²) in [7, 11) is 0. The molecule has 0 aromatic heterocycles. The van der Waals surface area contributed by atoms with E-state index in [1.165, 1.54) is 18.4 Å². The van der Waals surface area contributed by atoms with Crippen molar-refractivity contribution >= 4 is 0 Å². The zero-order valence-corrected chi connectivity index (χ0v) is 11.4. The molecule has 1 aromatic rings. The Morgan fingerprint density at radius 3 is 2.83 bits per heavy atom. The molecule has 0 bridgehead atoms. The molecular formula is C16H23NO. The minimum absolute atomic E-state index is 0.226. The first-order valence-electron chi connectivity index (χ1n) is 6.88. The van der Waals surface area contributed by atoms with Crippen molar-refractivity contribution in [2.45, 2.75) is 51.8 Å². The van der Waals surface area contributed by atoms with Gasteiger partial charge in [-0.15, -0.1) is 0 Å². The summed E-state index contributed by atoms with van der Waals surface area (Å²) in [5.74, 6) is 1.01. The third-order valence-electron chi connectivity index (χ3n) is 3.19. The Morgan fingerprint density at radius 2 is 2.11 bits per heavy atom. The molecule has 0 saturated heterocycles. The summed E-state index contributed by atoms with van der Waals surface area (Å²) in [5, 5.41) is 3.62. The van der Waals surface area contributed by atoms with Crippen LogP contribution in [-0.4, -0.2) is 12.1 Å². The number of hydrogen-bond donors (Lipinski definition) is 1. The first-order valence-corrected chi connectivity index (χ1v) is 6.88. The van der Waals surface area contributed by atoms with Gasteiger partial charge in [0, 0.05) is 18.2 Å². The summed E-state index contributed by atoms with van der Waals surface area (Å²) in [6.45, 7) is 5.02. The van der Waals surface area contributed by atoms with Gasteiger partial charge in [0.1, 0.15) is 5.75 Å². The second-order valence-corrected chi connectivity index (χ2v) is 5.14. The molecule has 0 aliphatic heterocycles. The predicted molar refractivity (Wildman–Crippen MR) is 75.8 cm³/mol. The van der Waals surface area contributed by atoms with E-state index in [4.69, 9.17) is 4.74 Å². The minimum Gasteiger partial charge on any atom is -0.491 e. The van der Waals surface area contributed by atoms with E-state index < -0.39 is 0 Å². The van der Waals surface area contributed by atoms with Crippen LogP contribution in [0, 0.1) is 0 Å². The molecule has 0 fully saturated rings. The van der Waals surface area contributed by atoms with E-state index in [9.17, 15) is 0 Å². The highest BCUT2D eigenvalue weighted by atomic mass is 16.5. The lowest BCUT2D eigenvalue weighted by molar-refractivity contribution is 0.239. The first-order chi connectivity index (χ1) is 8.75. The molecule has 0 spiro atoms. The molecule has 2 rings (SSSR count). The maximum Gasteiger partial charge on any atom is 0.124 e. The van der Waals surface area contributed by atoms with E-state index in [-0.39, 0.29) is 6.10 Å². The lowest BCUT2D eigenvalue weighted by atomic mass is 10.0. The van der Waals surface area contributed by atoms with Gasteiger partial charge in [-0.25, -0.2) is 0 Å². The normalized spacial score (nSPS) is 19.2. The van der Waals surface area contributed by atoms with Crippen LogP contribution in [0.2, 0.25) is 0 Å². The van der Waals surface area contributed by atoms with Gasteiger partial charge in [-0.2, -0.15) is 0 Å². The van der Waals surface area contributed by atoms with Gasteiger partial charge >= 0.3 is 0 Å². The van der Waals surface area contributed by atoms with E-state index in [1.807, 2.05) is 6.07 Å². The smallest absolute Gasteiger partial charge is 0.124 e. The van der Waals surface area contributed by atoms with Crippen molar-refractivity contribution in [3.8, 4) is 5.75 Å². The number of benzene rings is 1. The van der Waals surface area contributed by atoms with Crippen molar-refractivity contribution in [1.29, 1.82) is 0 Å². The lowest BCUT2D eigenvalue weighted by Crippen LogP contribution is -2.29. The number of nitrogens with one attached hydrogen (secondary N) is 1. The highest BCUT2D eigenvalue weighted by Crippen LogP contribution is 2.20. The first kappa shape index (κ1) is 13.2. The van der Waals surface area contributed by atoms with Crippen LogP contribution in [0.15, 0.2) is 36.4 Å². The molecule has 0 amide bonds. The van der Waals surface area contributed by atoms with Crippen molar-refractivity contribution in [3.63, 3.8) is 0 Å². The molecule has 0 radical (unpaired) electrons. The highest BCUT2D eigenvalue weighted by Gasteiger charge is 2.10. The Kier molecular flexibility index (Phi) is 4.82. The Balaban J connectivity index is 1.93. The molecule has 98 valence electrons. The average Bonchev–Trinajstić information content (AvgIpc) is 2.38. The van der Waals surface area contributed by atoms with Gasteiger partial charge in [-0.1, -0.05) is 30.4 Å². The Hall–Kier alpha value is -1.28. The third kappa shape index (κ3) is 3.88. The summed E-state index contributed by atoms with van der Waals surface area (Å²) in [6, 6.07) is 8.92. The summed E-state index contributed by atoms with van der Waals surface area (Å²) in [4.78, 5) is 0. The highest BCUT2D eigenvalue weighted by molar-refractivity contribution is 5.33. The van der Waals surface area contributed by atoms with Gasteiger partial charge in [-0.3, -0.25) is 0 Å². The van der Waals surface area contributed by atoms with Gasteiger partial charge in [-0.05, 0) is 39.2 Å². The van der Waals surface area contributed by atoms with Gasteiger partial charge in [0.2, 0.25) is 0 Å². The number of rotatable bonds is 5. The molecule has 2 heteroatoms. The fourth-order valence-electron chi connectivity index (χ4n) is 2.25. The van der Waals surface area contributed by atoms with Crippen molar-refractivity contribution < 1.29 is 4.74 Å². The molecule has 1 aliphatic rings. The Bertz CT molecular complexity index is 398. The molecule has 0 heterocycles. The largest absolute Gasteiger partial charge is 0.491 e. The molecule has 1 atom stereocenters. The molecule has 2 nitrogen and oxygen atoms in total. The minimum atomic E-state index is 0.226. The average molecular weight is 245 g/mol. The molecule has 1 aromatic carbocycles. The van der Waals surface area contributed by atoms with Crippen LogP contribution >= 0.6 is 0 Å².